The summed E-state index contributed by atoms with van der Waals surface area (Å²) >= 11 is 0. The van der Waals surface area contributed by atoms with Gasteiger partial charge < -0.3 is 19.7 Å². The number of aliphatic hydroxyl groups excluding tert-OH is 2. The van der Waals surface area contributed by atoms with Crippen LogP contribution in [0.5, 0.6) is 0 Å². The Balaban J connectivity index is 2.09. The van der Waals surface area contributed by atoms with Crippen LogP contribution in [0.2, 0.25) is 0 Å². The topological polar surface area (TPSA) is 114 Å². The summed E-state index contributed by atoms with van der Waals surface area (Å²) in [6.07, 6.45) is 0.467. The quantitative estimate of drug-likeness (QED) is 0.558. The highest BCUT2D eigenvalue weighted by Crippen LogP contribution is 2.44. The molecule has 3 rings (SSSR count). The van der Waals surface area contributed by atoms with E-state index in [0.29, 0.717) is 0 Å². The Labute approximate surface area is 107 Å². The van der Waals surface area contributed by atoms with Crippen molar-refractivity contribution in [2.24, 2.45) is 0 Å². The van der Waals surface area contributed by atoms with E-state index in [1.54, 1.807) is 0 Å². The molecule has 2 bridgehead atoms. The molecular formula is C11H14N2O6. The second-order valence-corrected chi connectivity index (χ2v) is 4.96. The van der Waals surface area contributed by atoms with Gasteiger partial charge in [0.2, 0.25) is 0 Å². The lowest BCUT2D eigenvalue weighted by Gasteiger charge is -2.39. The van der Waals surface area contributed by atoms with E-state index < -0.39 is 35.3 Å². The first kappa shape index (κ1) is 12.5. The standard InChI is InChI=1S/C11H14N2O6/c14-4-10-5-18-6-11(19-10,3-7(10)15)13-2-1-8(16)12-9(13)17/h1-2,7,14-15H,3-6H2,(H,12,16,17)/t7-,10-,11-/m0/s1. The molecule has 8 nitrogen and oxygen atoms in total. The van der Waals surface area contributed by atoms with Crippen LogP contribution in [0.3, 0.4) is 0 Å². The Morgan fingerprint density at radius 1 is 1.47 bits per heavy atom. The molecule has 0 saturated carbocycles. The van der Waals surface area contributed by atoms with Gasteiger partial charge in [-0.15, -0.1) is 0 Å². The number of aromatic amines is 1. The summed E-state index contributed by atoms with van der Waals surface area (Å²) in [6.45, 7) is -0.281. The van der Waals surface area contributed by atoms with Crippen LogP contribution in [0.1, 0.15) is 6.42 Å². The van der Waals surface area contributed by atoms with Gasteiger partial charge in [-0.3, -0.25) is 14.3 Å². The zero-order chi connectivity index (χ0) is 13.7. The van der Waals surface area contributed by atoms with Gasteiger partial charge >= 0.3 is 5.69 Å². The predicted molar refractivity (Wildman–Crippen MR) is 61.6 cm³/mol. The summed E-state index contributed by atoms with van der Waals surface area (Å²) < 4.78 is 12.3. The highest BCUT2D eigenvalue weighted by atomic mass is 16.6. The number of hydrogen-bond acceptors (Lipinski definition) is 6. The van der Waals surface area contributed by atoms with Crippen molar-refractivity contribution >= 4 is 0 Å². The van der Waals surface area contributed by atoms with Gasteiger partial charge in [0.1, 0.15) is 5.60 Å². The fraction of sp³-hybridized carbons (Fsp3) is 0.636. The molecule has 2 saturated heterocycles. The lowest BCUT2D eigenvalue weighted by molar-refractivity contribution is -0.263. The van der Waals surface area contributed by atoms with E-state index >= 15 is 0 Å². The molecule has 0 aliphatic carbocycles. The van der Waals surface area contributed by atoms with E-state index in [0.717, 1.165) is 0 Å². The molecule has 3 N–H and O–H groups in total. The Bertz CT molecular complexity index is 610. The van der Waals surface area contributed by atoms with E-state index in [1.807, 2.05) is 0 Å². The molecule has 3 heterocycles. The number of fused-ring (bicyclic) bond motifs is 2. The number of hydrogen-bond donors (Lipinski definition) is 3. The molecule has 2 aliphatic heterocycles. The molecule has 0 radical (unpaired) electrons. The molecule has 1 aromatic rings. The van der Waals surface area contributed by atoms with Crippen molar-refractivity contribution in [1.29, 1.82) is 0 Å². The third-order valence-electron chi connectivity index (χ3n) is 3.72. The van der Waals surface area contributed by atoms with Crippen LogP contribution in [-0.4, -0.2) is 51.3 Å². The van der Waals surface area contributed by atoms with Gasteiger partial charge in [0.05, 0.1) is 25.9 Å². The van der Waals surface area contributed by atoms with Crippen molar-refractivity contribution in [2.45, 2.75) is 23.9 Å². The Kier molecular flexibility index (Phi) is 2.65. The molecule has 104 valence electrons. The van der Waals surface area contributed by atoms with Gasteiger partial charge in [-0.2, -0.15) is 0 Å². The van der Waals surface area contributed by atoms with Crippen LogP contribution in [0, 0.1) is 0 Å². The normalized spacial score (nSPS) is 37.5. The van der Waals surface area contributed by atoms with Crippen LogP contribution >= 0.6 is 0 Å². The van der Waals surface area contributed by atoms with Crippen molar-refractivity contribution in [2.75, 3.05) is 19.8 Å². The summed E-state index contributed by atoms with van der Waals surface area (Å²) in [7, 11) is 0. The van der Waals surface area contributed by atoms with Gasteiger partial charge in [0.15, 0.2) is 5.72 Å². The van der Waals surface area contributed by atoms with Gasteiger partial charge in [-0.25, -0.2) is 4.79 Å². The zero-order valence-corrected chi connectivity index (χ0v) is 10.0. The van der Waals surface area contributed by atoms with E-state index in [4.69, 9.17) is 9.47 Å². The first-order chi connectivity index (χ1) is 9.01. The highest BCUT2D eigenvalue weighted by Gasteiger charge is 2.60. The van der Waals surface area contributed by atoms with E-state index in [9.17, 15) is 19.8 Å². The Hall–Kier alpha value is -1.48. The van der Waals surface area contributed by atoms with Crippen molar-refractivity contribution in [3.63, 3.8) is 0 Å². The van der Waals surface area contributed by atoms with Gasteiger partial charge in [-0.05, 0) is 0 Å². The Morgan fingerprint density at radius 3 is 2.95 bits per heavy atom. The fourth-order valence-corrected chi connectivity index (χ4v) is 2.71. The number of nitrogens with one attached hydrogen (secondary N) is 1. The smallest absolute Gasteiger partial charge is 0.330 e. The molecule has 0 amide bonds. The van der Waals surface area contributed by atoms with Gasteiger partial charge in [0.25, 0.3) is 5.56 Å². The zero-order valence-electron chi connectivity index (χ0n) is 10.0. The second kappa shape index (κ2) is 4.01. The lowest BCUT2D eigenvalue weighted by Crippen LogP contribution is -2.55. The molecule has 8 heteroatoms. The Morgan fingerprint density at radius 2 is 2.26 bits per heavy atom. The number of aliphatic hydroxyl groups is 2. The average molecular weight is 270 g/mol. The minimum Gasteiger partial charge on any atom is -0.393 e. The van der Waals surface area contributed by atoms with E-state index in [1.165, 1.54) is 16.8 Å². The molecule has 2 aliphatic rings. The summed E-state index contributed by atoms with van der Waals surface area (Å²) in [6, 6.07) is 1.19. The lowest BCUT2D eigenvalue weighted by atomic mass is 9.98. The van der Waals surface area contributed by atoms with Crippen molar-refractivity contribution in [3.8, 4) is 0 Å². The number of rotatable bonds is 2. The van der Waals surface area contributed by atoms with Crippen LogP contribution in [-0.2, 0) is 15.2 Å². The number of ether oxygens (including phenoxy) is 2. The summed E-state index contributed by atoms with van der Waals surface area (Å²) in [4.78, 5) is 25.1. The molecule has 1 aromatic heterocycles. The number of nitrogens with zero attached hydrogens (tertiary/aromatic N) is 1. The molecule has 0 aromatic carbocycles. The largest absolute Gasteiger partial charge is 0.393 e. The summed E-state index contributed by atoms with van der Waals surface area (Å²) in [5.74, 6) is 0. The molecule has 0 spiro atoms. The summed E-state index contributed by atoms with van der Waals surface area (Å²) in [5, 5.41) is 19.5. The first-order valence-corrected chi connectivity index (χ1v) is 5.91. The maximum Gasteiger partial charge on any atom is 0.330 e. The maximum absolute atomic E-state index is 11.8. The van der Waals surface area contributed by atoms with E-state index in [-0.39, 0.29) is 19.6 Å². The van der Waals surface area contributed by atoms with Crippen molar-refractivity contribution in [3.05, 3.63) is 33.1 Å². The number of aromatic nitrogens is 2. The molecule has 19 heavy (non-hydrogen) atoms. The fourth-order valence-electron chi connectivity index (χ4n) is 2.71. The molecule has 2 fully saturated rings. The third-order valence-corrected chi connectivity index (χ3v) is 3.72. The minimum atomic E-state index is -1.21. The van der Waals surface area contributed by atoms with Crippen LogP contribution in [0.15, 0.2) is 21.9 Å². The second-order valence-electron chi connectivity index (χ2n) is 4.96. The molecular weight excluding hydrogens is 256 g/mol. The highest BCUT2D eigenvalue weighted by molar-refractivity contribution is 5.05. The van der Waals surface area contributed by atoms with Crippen LogP contribution < -0.4 is 11.2 Å². The average Bonchev–Trinajstić information content (AvgIpc) is 2.57. The molecule has 3 atom stereocenters. The minimum absolute atomic E-state index is 0.0600. The monoisotopic (exact) mass is 270 g/mol. The van der Waals surface area contributed by atoms with Crippen LogP contribution in [0.25, 0.3) is 0 Å². The first-order valence-electron chi connectivity index (χ1n) is 5.91. The van der Waals surface area contributed by atoms with Crippen molar-refractivity contribution < 1.29 is 19.7 Å². The maximum atomic E-state index is 11.8. The van der Waals surface area contributed by atoms with Gasteiger partial charge in [0, 0.05) is 18.7 Å². The third kappa shape index (κ3) is 1.68. The van der Waals surface area contributed by atoms with Crippen LogP contribution in [0.4, 0.5) is 0 Å². The number of H-pyrrole nitrogens is 1. The van der Waals surface area contributed by atoms with Gasteiger partial charge in [-0.1, -0.05) is 0 Å². The summed E-state index contributed by atoms with van der Waals surface area (Å²) in [5.41, 5.74) is -3.56. The van der Waals surface area contributed by atoms with Crippen molar-refractivity contribution in [1.82, 2.24) is 9.55 Å². The van der Waals surface area contributed by atoms with E-state index in [2.05, 4.69) is 4.98 Å². The SMILES string of the molecule is O=c1ccn([C@]23COC[C@](CO)(O2)[C@@H](O)C3)c(=O)[nH]1. The molecule has 0 unspecified atom stereocenters. The predicted octanol–water partition coefficient (Wildman–Crippen LogP) is -2.27.